The second-order valence-corrected chi connectivity index (χ2v) is 6.46. The lowest BCUT2D eigenvalue weighted by atomic mass is 9.96. The Morgan fingerprint density at radius 3 is 2.11 bits per heavy atom. The third-order valence-corrected chi connectivity index (χ3v) is 3.84. The maximum Gasteiger partial charge on any atom is 0.0223 e. The summed E-state index contributed by atoms with van der Waals surface area (Å²) in [5.41, 5.74) is 0.318. The van der Waals surface area contributed by atoms with Crippen molar-refractivity contribution in [1.29, 1.82) is 0 Å². The van der Waals surface area contributed by atoms with Gasteiger partial charge in [0.25, 0.3) is 0 Å². The molecule has 0 atom stereocenters. The van der Waals surface area contributed by atoms with Crippen LogP contribution in [0.15, 0.2) is 0 Å². The molecule has 1 N–H and O–H groups in total. The van der Waals surface area contributed by atoms with Crippen molar-refractivity contribution in [2.75, 3.05) is 12.4 Å². The number of rotatable bonds is 13. The lowest BCUT2D eigenvalue weighted by Gasteiger charge is -2.26. The van der Waals surface area contributed by atoms with E-state index in [9.17, 15) is 0 Å². The minimum absolute atomic E-state index is 0.318. The Kier molecular flexibility index (Phi) is 12.5. The van der Waals surface area contributed by atoms with Gasteiger partial charge in [0.2, 0.25) is 0 Å². The molecule has 2 heteroatoms. The van der Waals surface area contributed by atoms with Crippen molar-refractivity contribution in [1.82, 2.24) is 5.32 Å². The van der Waals surface area contributed by atoms with E-state index in [0.29, 0.717) is 5.54 Å². The second kappa shape index (κ2) is 12.3. The van der Waals surface area contributed by atoms with Gasteiger partial charge in [-0.3, -0.25) is 0 Å². The van der Waals surface area contributed by atoms with Crippen molar-refractivity contribution >= 4 is 11.6 Å². The highest BCUT2D eigenvalue weighted by atomic mass is 35.5. The van der Waals surface area contributed by atoms with Gasteiger partial charge in [-0.2, -0.15) is 0 Å². The Hall–Kier alpha value is 0.250. The van der Waals surface area contributed by atoms with Crippen LogP contribution in [0.25, 0.3) is 0 Å². The van der Waals surface area contributed by atoms with E-state index in [0.717, 1.165) is 12.4 Å². The summed E-state index contributed by atoms with van der Waals surface area (Å²) in [6, 6.07) is 0. The molecule has 0 aromatic heterocycles. The molecule has 0 saturated carbocycles. The number of unbranched alkanes of at least 4 members (excludes halogenated alkanes) is 7. The predicted molar refractivity (Wildman–Crippen MR) is 84.6 cm³/mol. The van der Waals surface area contributed by atoms with E-state index in [1.54, 1.807) is 0 Å². The molecule has 0 unspecified atom stereocenters. The average molecular weight is 276 g/mol. The van der Waals surface area contributed by atoms with Crippen molar-refractivity contribution in [2.45, 2.75) is 90.5 Å². The lowest BCUT2D eigenvalue weighted by Crippen LogP contribution is -2.39. The van der Waals surface area contributed by atoms with E-state index in [-0.39, 0.29) is 0 Å². The van der Waals surface area contributed by atoms with E-state index in [1.165, 1.54) is 64.2 Å². The maximum atomic E-state index is 5.66. The Bertz CT molecular complexity index is 168. The molecular formula is C16H34ClN. The molecule has 0 saturated heterocycles. The van der Waals surface area contributed by atoms with Crippen LogP contribution >= 0.6 is 11.6 Å². The van der Waals surface area contributed by atoms with Crippen molar-refractivity contribution < 1.29 is 0 Å². The minimum Gasteiger partial charge on any atom is -0.312 e. The van der Waals surface area contributed by atoms with Crippen LogP contribution in [-0.2, 0) is 0 Å². The first-order valence-corrected chi connectivity index (χ1v) is 8.47. The number of alkyl halides is 1. The van der Waals surface area contributed by atoms with Gasteiger partial charge in [-0.05, 0) is 39.7 Å². The molecule has 0 bridgehead atoms. The standard InChI is InChI=1S/C16H34ClN/c1-4-5-6-7-10-13-16(2,3)18-15-12-9-8-11-14-17/h18H,4-15H2,1-3H3. The monoisotopic (exact) mass is 275 g/mol. The molecule has 0 aromatic rings. The Balaban J connectivity index is 3.37. The van der Waals surface area contributed by atoms with E-state index < -0.39 is 0 Å². The summed E-state index contributed by atoms with van der Waals surface area (Å²) in [5, 5.41) is 3.69. The van der Waals surface area contributed by atoms with Crippen molar-refractivity contribution in [3.8, 4) is 0 Å². The largest absolute Gasteiger partial charge is 0.312 e. The third-order valence-electron chi connectivity index (χ3n) is 3.57. The molecule has 0 aromatic carbocycles. The number of halogens is 1. The minimum atomic E-state index is 0.318. The summed E-state index contributed by atoms with van der Waals surface area (Å²) in [4.78, 5) is 0. The Labute approximate surface area is 120 Å². The second-order valence-electron chi connectivity index (χ2n) is 6.08. The number of hydrogen-bond donors (Lipinski definition) is 1. The zero-order valence-corrected chi connectivity index (χ0v) is 13.6. The molecule has 0 aliphatic rings. The summed E-state index contributed by atoms with van der Waals surface area (Å²) in [6.45, 7) is 8.11. The third kappa shape index (κ3) is 12.7. The van der Waals surface area contributed by atoms with Crippen LogP contribution in [0.2, 0.25) is 0 Å². The van der Waals surface area contributed by atoms with Gasteiger partial charge < -0.3 is 5.32 Å². The first kappa shape index (κ1) is 18.2. The first-order chi connectivity index (χ1) is 8.62. The lowest BCUT2D eigenvalue weighted by molar-refractivity contribution is 0.343. The van der Waals surface area contributed by atoms with Crippen LogP contribution in [0.1, 0.15) is 85.0 Å². The summed E-state index contributed by atoms with van der Waals surface area (Å²) in [5.74, 6) is 0.816. The maximum absolute atomic E-state index is 5.66. The predicted octanol–water partition coefficient (Wildman–Crippen LogP) is 5.51. The molecule has 0 heterocycles. The quantitative estimate of drug-likeness (QED) is 0.345. The molecule has 18 heavy (non-hydrogen) atoms. The van der Waals surface area contributed by atoms with Gasteiger partial charge in [-0.1, -0.05) is 51.9 Å². The van der Waals surface area contributed by atoms with Gasteiger partial charge in [-0.25, -0.2) is 0 Å². The Morgan fingerprint density at radius 1 is 0.833 bits per heavy atom. The van der Waals surface area contributed by atoms with E-state index in [2.05, 4.69) is 26.1 Å². The van der Waals surface area contributed by atoms with Crippen LogP contribution in [0.4, 0.5) is 0 Å². The number of nitrogens with one attached hydrogen (secondary N) is 1. The van der Waals surface area contributed by atoms with Gasteiger partial charge in [0.05, 0.1) is 0 Å². The van der Waals surface area contributed by atoms with Gasteiger partial charge in [0.15, 0.2) is 0 Å². The normalized spacial score (nSPS) is 12.0. The number of hydrogen-bond acceptors (Lipinski definition) is 1. The molecule has 0 rings (SSSR count). The van der Waals surface area contributed by atoms with Crippen LogP contribution in [-0.4, -0.2) is 18.0 Å². The highest BCUT2D eigenvalue weighted by Gasteiger charge is 2.15. The molecular weight excluding hydrogens is 242 g/mol. The summed E-state index contributed by atoms with van der Waals surface area (Å²) in [7, 11) is 0. The highest BCUT2D eigenvalue weighted by molar-refractivity contribution is 6.17. The van der Waals surface area contributed by atoms with Crippen LogP contribution in [0, 0.1) is 0 Å². The van der Waals surface area contributed by atoms with E-state index in [1.807, 2.05) is 0 Å². The van der Waals surface area contributed by atoms with Crippen LogP contribution < -0.4 is 5.32 Å². The van der Waals surface area contributed by atoms with Crippen molar-refractivity contribution in [3.05, 3.63) is 0 Å². The van der Waals surface area contributed by atoms with Gasteiger partial charge in [0, 0.05) is 11.4 Å². The van der Waals surface area contributed by atoms with Gasteiger partial charge in [-0.15, -0.1) is 11.6 Å². The topological polar surface area (TPSA) is 12.0 Å². The fraction of sp³-hybridized carbons (Fsp3) is 1.00. The summed E-state index contributed by atoms with van der Waals surface area (Å²) >= 11 is 5.66. The van der Waals surface area contributed by atoms with Crippen LogP contribution in [0.5, 0.6) is 0 Å². The smallest absolute Gasteiger partial charge is 0.0223 e. The Morgan fingerprint density at radius 2 is 1.44 bits per heavy atom. The van der Waals surface area contributed by atoms with Crippen LogP contribution in [0.3, 0.4) is 0 Å². The molecule has 0 radical (unpaired) electrons. The molecule has 0 spiro atoms. The van der Waals surface area contributed by atoms with Gasteiger partial charge >= 0.3 is 0 Å². The molecule has 110 valence electrons. The molecule has 1 nitrogen and oxygen atoms in total. The highest BCUT2D eigenvalue weighted by Crippen LogP contribution is 2.15. The molecule has 0 fully saturated rings. The first-order valence-electron chi connectivity index (χ1n) is 7.93. The summed E-state index contributed by atoms with van der Waals surface area (Å²) in [6.07, 6.45) is 13.3. The zero-order chi connectivity index (χ0) is 13.7. The summed E-state index contributed by atoms with van der Waals surface area (Å²) < 4.78 is 0. The van der Waals surface area contributed by atoms with Crippen molar-refractivity contribution in [2.24, 2.45) is 0 Å². The average Bonchev–Trinajstić information content (AvgIpc) is 2.33. The van der Waals surface area contributed by atoms with Gasteiger partial charge in [0.1, 0.15) is 0 Å². The molecule has 0 aliphatic carbocycles. The fourth-order valence-corrected chi connectivity index (χ4v) is 2.45. The van der Waals surface area contributed by atoms with E-state index >= 15 is 0 Å². The van der Waals surface area contributed by atoms with Crippen molar-refractivity contribution in [3.63, 3.8) is 0 Å². The SMILES string of the molecule is CCCCCCCC(C)(C)NCCCCCCCl. The van der Waals surface area contributed by atoms with E-state index in [4.69, 9.17) is 11.6 Å². The molecule has 0 amide bonds. The molecule has 0 aliphatic heterocycles. The zero-order valence-electron chi connectivity index (χ0n) is 12.9. The fourth-order valence-electron chi connectivity index (χ4n) is 2.26.